The van der Waals surface area contributed by atoms with Crippen LogP contribution in [-0.2, 0) is 14.1 Å². The molecule has 0 saturated heterocycles. The van der Waals surface area contributed by atoms with Crippen molar-refractivity contribution in [1.29, 1.82) is 0 Å². The molecular weight excluding hydrogens is 207 g/mol. The summed E-state index contributed by atoms with van der Waals surface area (Å²) in [5.41, 5.74) is 0. The van der Waals surface area contributed by atoms with Crippen molar-refractivity contribution < 1.29 is 23.9 Å². The van der Waals surface area contributed by atoms with Gasteiger partial charge >= 0.3 is 13.6 Å². The molecule has 0 aromatic heterocycles. The van der Waals surface area contributed by atoms with Gasteiger partial charge in [0.1, 0.15) is 0 Å². The molecule has 0 unspecified atom stereocenters. The maximum Gasteiger partial charge on any atom is 0.368 e. The largest absolute Gasteiger partial charge is 0.443 e. The van der Waals surface area contributed by atoms with E-state index in [-0.39, 0.29) is 12.8 Å². The van der Waals surface area contributed by atoms with Gasteiger partial charge in [0.2, 0.25) is 5.34 Å². The summed E-state index contributed by atoms with van der Waals surface area (Å²) in [7, 11) is -4.46. The first kappa shape index (κ1) is 13.4. The van der Waals surface area contributed by atoms with E-state index in [0.717, 1.165) is 6.08 Å². The first-order valence-corrected chi connectivity index (χ1v) is 5.85. The van der Waals surface area contributed by atoms with Crippen molar-refractivity contribution in [3.8, 4) is 0 Å². The monoisotopic (exact) mass is 222 g/mol. The van der Waals surface area contributed by atoms with Crippen molar-refractivity contribution in [2.24, 2.45) is 0 Å². The van der Waals surface area contributed by atoms with Crippen LogP contribution in [0.15, 0.2) is 12.7 Å². The summed E-state index contributed by atoms with van der Waals surface area (Å²) in [4.78, 5) is 29.1. The minimum atomic E-state index is -4.46. The first-order valence-electron chi connectivity index (χ1n) is 4.24. The summed E-state index contributed by atoms with van der Waals surface area (Å²) < 4.78 is 15.9. The molecule has 0 saturated carbocycles. The molecule has 0 atom stereocenters. The number of hydrogen-bond donors (Lipinski definition) is 2. The van der Waals surface area contributed by atoms with Crippen molar-refractivity contribution >= 4 is 13.6 Å². The number of carbonyl (C=O) groups is 1. The van der Waals surface area contributed by atoms with Crippen LogP contribution in [0.25, 0.3) is 0 Å². The van der Waals surface area contributed by atoms with Crippen molar-refractivity contribution in [2.45, 2.75) is 32.0 Å². The van der Waals surface area contributed by atoms with Crippen LogP contribution in [0, 0.1) is 0 Å². The second kappa shape index (κ2) is 4.73. The number of rotatable bonds is 5. The Labute approximate surface area is 82.9 Å². The van der Waals surface area contributed by atoms with E-state index in [4.69, 9.17) is 14.5 Å². The fraction of sp³-hybridized carbons (Fsp3) is 0.625. The Kier molecular flexibility index (Phi) is 4.52. The third kappa shape index (κ3) is 2.67. The molecule has 0 aromatic carbocycles. The third-order valence-corrected chi connectivity index (χ3v) is 3.88. The van der Waals surface area contributed by atoms with Gasteiger partial charge < -0.3 is 14.5 Å². The first-order chi connectivity index (χ1) is 6.33. The predicted molar refractivity (Wildman–Crippen MR) is 51.6 cm³/mol. The molecule has 6 heteroatoms. The molecule has 0 aliphatic heterocycles. The second-order valence-electron chi connectivity index (χ2n) is 2.82. The van der Waals surface area contributed by atoms with Crippen molar-refractivity contribution in [1.82, 2.24) is 0 Å². The normalized spacial score (nSPS) is 12.3. The Hall–Kier alpha value is -0.640. The molecule has 0 aliphatic carbocycles. The van der Waals surface area contributed by atoms with E-state index in [1.807, 2.05) is 0 Å². The molecule has 0 aromatic rings. The summed E-state index contributed by atoms with van der Waals surface area (Å²) in [5.74, 6) is -0.822. The zero-order valence-electron chi connectivity index (χ0n) is 8.27. The van der Waals surface area contributed by atoms with E-state index in [9.17, 15) is 9.36 Å². The van der Waals surface area contributed by atoms with Crippen LogP contribution < -0.4 is 0 Å². The van der Waals surface area contributed by atoms with Crippen molar-refractivity contribution in [3.05, 3.63) is 12.7 Å². The lowest BCUT2D eigenvalue weighted by Crippen LogP contribution is -2.33. The van der Waals surface area contributed by atoms with E-state index in [1.165, 1.54) is 0 Å². The van der Waals surface area contributed by atoms with Gasteiger partial charge in [-0.25, -0.2) is 4.79 Å². The standard InChI is InChI=1S/C8H15O5P/c1-4-7(9)13-8(5-2,6-3)14(10,11)12/h4H,1,5-6H2,2-3H3,(H2,10,11,12). The van der Waals surface area contributed by atoms with E-state index in [0.29, 0.717) is 0 Å². The lowest BCUT2D eigenvalue weighted by Gasteiger charge is -2.31. The number of ether oxygens (including phenoxy) is 1. The average molecular weight is 222 g/mol. The highest BCUT2D eigenvalue weighted by molar-refractivity contribution is 7.53. The highest BCUT2D eigenvalue weighted by atomic mass is 31.2. The van der Waals surface area contributed by atoms with Gasteiger partial charge in [-0.3, -0.25) is 4.57 Å². The Balaban J connectivity index is 4.99. The van der Waals surface area contributed by atoms with E-state index < -0.39 is 18.9 Å². The summed E-state index contributed by atoms with van der Waals surface area (Å²) in [6, 6.07) is 0. The van der Waals surface area contributed by atoms with Crippen molar-refractivity contribution in [3.63, 3.8) is 0 Å². The van der Waals surface area contributed by atoms with E-state index in [1.54, 1.807) is 13.8 Å². The van der Waals surface area contributed by atoms with Gasteiger partial charge in [0.15, 0.2) is 0 Å². The summed E-state index contributed by atoms with van der Waals surface area (Å²) >= 11 is 0. The Morgan fingerprint density at radius 1 is 1.50 bits per heavy atom. The molecule has 0 bridgehead atoms. The molecule has 2 N–H and O–H groups in total. The quantitative estimate of drug-likeness (QED) is 0.417. The fourth-order valence-corrected chi connectivity index (χ4v) is 2.13. The van der Waals surface area contributed by atoms with Gasteiger partial charge in [-0.2, -0.15) is 0 Å². The molecule has 5 nitrogen and oxygen atoms in total. The summed E-state index contributed by atoms with van der Waals surface area (Å²) in [6.45, 7) is 6.28. The maximum atomic E-state index is 11.1. The maximum absolute atomic E-state index is 11.1. The molecular formula is C8H15O5P. The van der Waals surface area contributed by atoms with Crippen LogP contribution in [0.1, 0.15) is 26.7 Å². The SMILES string of the molecule is C=CC(=O)OC(CC)(CC)P(=O)(O)O. The number of esters is 1. The average Bonchev–Trinajstić information content (AvgIpc) is 2.11. The smallest absolute Gasteiger partial charge is 0.368 e. The van der Waals surface area contributed by atoms with Gasteiger partial charge in [-0.05, 0) is 12.8 Å². The molecule has 0 heterocycles. The molecule has 82 valence electrons. The minimum Gasteiger partial charge on any atom is -0.443 e. The zero-order valence-corrected chi connectivity index (χ0v) is 9.16. The summed E-state index contributed by atoms with van der Waals surface area (Å²) in [5, 5.41) is -1.71. The highest BCUT2D eigenvalue weighted by Crippen LogP contribution is 2.55. The molecule has 0 aliphatic rings. The molecule has 0 rings (SSSR count). The molecule has 0 spiro atoms. The second-order valence-corrected chi connectivity index (χ2v) is 4.73. The lowest BCUT2D eigenvalue weighted by atomic mass is 10.2. The fourth-order valence-electron chi connectivity index (χ4n) is 1.09. The highest BCUT2D eigenvalue weighted by Gasteiger charge is 2.47. The molecule has 0 fully saturated rings. The number of carbonyl (C=O) groups excluding carboxylic acids is 1. The third-order valence-electron chi connectivity index (χ3n) is 2.09. The van der Waals surface area contributed by atoms with Crippen LogP contribution in [0.4, 0.5) is 0 Å². The van der Waals surface area contributed by atoms with E-state index in [2.05, 4.69) is 6.58 Å². The zero-order chi connectivity index (χ0) is 11.4. The van der Waals surface area contributed by atoms with Crippen LogP contribution in [0.5, 0.6) is 0 Å². The Bertz CT molecular complexity index is 263. The topological polar surface area (TPSA) is 83.8 Å². The van der Waals surface area contributed by atoms with Crippen LogP contribution in [0.2, 0.25) is 0 Å². The van der Waals surface area contributed by atoms with Crippen LogP contribution >= 0.6 is 7.60 Å². The molecule has 0 amide bonds. The van der Waals surface area contributed by atoms with Gasteiger partial charge in [0.05, 0.1) is 0 Å². The molecule has 14 heavy (non-hydrogen) atoms. The predicted octanol–water partition coefficient (Wildman–Crippen LogP) is 1.41. The van der Waals surface area contributed by atoms with Crippen LogP contribution in [0.3, 0.4) is 0 Å². The summed E-state index contributed by atoms with van der Waals surface area (Å²) in [6.07, 6.45) is 1.01. The lowest BCUT2D eigenvalue weighted by molar-refractivity contribution is -0.148. The van der Waals surface area contributed by atoms with Crippen molar-refractivity contribution in [2.75, 3.05) is 0 Å². The minimum absolute atomic E-state index is 0.0629. The Morgan fingerprint density at radius 2 is 1.93 bits per heavy atom. The van der Waals surface area contributed by atoms with Gasteiger partial charge in [0.25, 0.3) is 0 Å². The molecule has 0 radical (unpaired) electrons. The van der Waals surface area contributed by atoms with Crippen LogP contribution in [-0.4, -0.2) is 21.1 Å². The van der Waals surface area contributed by atoms with E-state index >= 15 is 0 Å². The number of hydrogen-bond acceptors (Lipinski definition) is 3. The Morgan fingerprint density at radius 3 is 2.14 bits per heavy atom. The van der Waals surface area contributed by atoms with Gasteiger partial charge in [-0.15, -0.1) is 0 Å². The van der Waals surface area contributed by atoms with Gasteiger partial charge in [0, 0.05) is 6.08 Å². The van der Waals surface area contributed by atoms with Gasteiger partial charge in [-0.1, -0.05) is 20.4 Å².